The summed E-state index contributed by atoms with van der Waals surface area (Å²) in [5.74, 6) is -0.991. The molecule has 2 N–H and O–H groups in total. The first-order valence-corrected chi connectivity index (χ1v) is 8.65. The molecule has 0 aromatic heterocycles. The quantitative estimate of drug-likeness (QED) is 0.863. The lowest BCUT2D eigenvalue weighted by Gasteiger charge is -2.41. The predicted octanol–water partition coefficient (Wildman–Crippen LogP) is 2.00. The van der Waals surface area contributed by atoms with Crippen molar-refractivity contribution in [2.45, 2.75) is 31.5 Å². The van der Waals surface area contributed by atoms with Gasteiger partial charge in [0, 0.05) is 17.9 Å². The van der Waals surface area contributed by atoms with E-state index in [1.54, 1.807) is 12.1 Å². The van der Waals surface area contributed by atoms with E-state index in [0.717, 1.165) is 44.5 Å². The SMILES string of the molecule is NC(=O)CCCN1CCC(C2(c3ccc(F)cc3)OCCO2)CC1. The van der Waals surface area contributed by atoms with Crippen LogP contribution in [0.2, 0.25) is 0 Å². The molecule has 1 amide bonds. The number of primary amides is 1. The monoisotopic (exact) mass is 336 g/mol. The van der Waals surface area contributed by atoms with Crippen LogP contribution in [0.4, 0.5) is 4.39 Å². The van der Waals surface area contributed by atoms with E-state index >= 15 is 0 Å². The maximum Gasteiger partial charge on any atom is 0.217 e. The smallest absolute Gasteiger partial charge is 0.217 e. The molecule has 0 atom stereocenters. The molecule has 3 rings (SSSR count). The normalized spacial score (nSPS) is 21.9. The Kier molecular flexibility index (Phi) is 5.48. The highest BCUT2D eigenvalue weighted by atomic mass is 19.1. The highest BCUT2D eigenvalue weighted by molar-refractivity contribution is 5.73. The summed E-state index contributed by atoms with van der Waals surface area (Å²) in [6.45, 7) is 3.91. The number of carbonyl (C=O) groups is 1. The number of benzene rings is 1. The number of halogens is 1. The van der Waals surface area contributed by atoms with Crippen LogP contribution in [0.3, 0.4) is 0 Å². The Morgan fingerprint density at radius 3 is 2.42 bits per heavy atom. The second-order valence-electron chi connectivity index (χ2n) is 6.56. The van der Waals surface area contributed by atoms with Gasteiger partial charge in [-0.15, -0.1) is 0 Å². The Balaban J connectivity index is 1.62. The molecule has 0 bridgehead atoms. The van der Waals surface area contributed by atoms with Crippen LogP contribution in [-0.2, 0) is 20.1 Å². The molecule has 2 aliphatic heterocycles. The van der Waals surface area contributed by atoms with Crippen molar-refractivity contribution in [3.63, 3.8) is 0 Å². The first-order valence-electron chi connectivity index (χ1n) is 8.65. The van der Waals surface area contributed by atoms with Crippen molar-refractivity contribution in [2.24, 2.45) is 11.7 Å². The summed E-state index contributed by atoms with van der Waals surface area (Å²) in [5.41, 5.74) is 6.08. The third kappa shape index (κ3) is 3.77. The molecule has 132 valence electrons. The molecule has 2 aliphatic rings. The van der Waals surface area contributed by atoms with E-state index in [-0.39, 0.29) is 17.6 Å². The van der Waals surface area contributed by atoms with Gasteiger partial charge < -0.3 is 20.1 Å². The van der Waals surface area contributed by atoms with Gasteiger partial charge in [-0.2, -0.15) is 0 Å². The number of amides is 1. The number of carbonyl (C=O) groups excluding carboxylic acids is 1. The van der Waals surface area contributed by atoms with Crippen molar-refractivity contribution in [3.8, 4) is 0 Å². The molecule has 5 nitrogen and oxygen atoms in total. The molecule has 1 aromatic rings. The molecule has 0 unspecified atom stereocenters. The fraction of sp³-hybridized carbons (Fsp3) is 0.611. The zero-order valence-corrected chi connectivity index (χ0v) is 13.9. The number of nitrogens with two attached hydrogens (primary N) is 1. The molecule has 2 fully saturated rings. The number of likely N-dealkylation sites (tertiary alicyclic amines) is 1. The molecule has 0 saturated carbocycles. The van der Waals surface area contributed by atoms with Gasteiger partial charge in [-0.25, -0.2) is 4.39 Å². The molecule has 1 aromatic carbocycles. The fourth-order valence-electron chi connectivity index (χ4n) is 3.76. The number of ether oxygens (including phenoxy) is 2. The summed E-state index contributed by atoms with van der Waals surface area (Å²) in [4.78, 5) is 13.2. The molecular formula is C18H25FN2O3. The largest absolute Gasteiger partial charge is 0.370 e. The summed E-state index contributed by atoms with van der Waals surface area (Å²) in [6, 6.07) is 6.45. The zero-order valence-electron chi connectivity index (χ0n) is 13.9. The number of hydrogen-bond donors (Lipinski definition) is 1. The van der Waals surface area contributed by atoms with E-state index in [0.29, 0.717) is 19.6 Å². The zero-order chi connectivity index (χ0) is 17.0. The van der Waals surface area contributed by atoms with E-state index in [2.05, 4.69) is 4.90 Å². The molecule has 6 heteroatoms. The highest BCUT2D eigenvalue weighted by Gasteiger charge is 2.46. The first-order chi connectivity index (χ1) is 11.6. The maximum atomic E-state index is 13.2. The molecule has 0 radical (unpaired) electrons. The van der Waals surface area contributed by atoms with Crippen LogP contribution in [0.15, 0.2) is 24.3 Å². The molecule has 24 heavy (non-hydrogen) atoms. The van der Waals surface area contributed by atoms with Crippen LogP contribution in [0, 0.1) is 11.7 Å². The van der Waals surface area contributed by atoms with Gasteiger partial charge >= 0.3 is 0 Å². The minimum Gasteiger partial charge on any atom is -0.370 e. The van der Waals surface area contributed by atoms with E-state index in [9.17, 15) is 9.18 Å². The minimum absolute atomic E-state index is 0.243. The lowest BCUT2D eigenvalue weighted by atomic mass is 9.84. The Morgan fingerprint density at radius 1 is 1.21 bits per heavy atom. The van der Waals surface area contributed by atoms with Crippen LogP contribution < -0.4 is 5.73 Å². The van der Waals surface area contributed by atoms with Crippen LogP contribution in [0.25, 0.3) is 0 Å². The number of nitrogens with zero attached hydrogens (tertiary/aromatic N) is 1. The van der Waals surface area contributed by atoms with E-state index < -0.39 is 5.79 Å². The van der Waals surface area contributed by atoms with Gasteiger partial charge in [-0.1, -0.05) is 12.1 Å². The van der Waals surface area contributed by atoms with Crippen molar-refractivity contribution in [1.82, 2.24) is 4.90 Å². The molecular weight excluding hydrogens is 311 g/mol. The summed E-state index contributed by atoms with van der Waals surface area (Å²) < 4.78 is 25.3. The standard InChI is InChI=1S/C18H25FN2O3/c19-16-5-3-14(4-6-16)18(23-12-13-24-18)15-7-10-21(11-8-15)9-1-2-17(20)22/h3-6,15H,1-2,7-13H2,(H2,20,22). The fourth-order valence-corrected chi connectivity index (χ4v) is 3.76. The number of hydrogen-bond acceptors (Lipinski definition) is 4. The lowest BCUT2D eigenvalue weighted by Crippen LogP contribution is -2.44. The van der Waals surface area contributed by atoms with Gasteiger partial charge in [-0.05, 0) is 51.0 Å². The Bertz CT molecular complexity index is 550. The highest BCUT2D eigenvalue weighted by Crippen LogP contribution is 2.43. The summed E-state index contributed by atoms with van der Waals surface area (Å²) in [6.07, 6.45) is 3.14. The van der Waals surface area contributed by atoms with Gasteiger partial charge in [0.2, 0.25) is 5.91 Å². The van der Waals surface area contributed by atoms with Crippen LogP contribution in [-0.4, -0.2) is 43.7 Å². The summed E-state index contributed by atoms with van der Waals surface area (Å²) in [7, 11) is 0. The van der Waals surface area contributed by atoms with Crippen LogP contribution in [0.1, 0.15) is 31.2 Å². The third-order valence-electron chi connectivity index (χ3n) is 4.99. The number of rotatable bonds is 6. The van der Waals surface area contributed by atoms with Crippen molar-refractivity contribution in [2.75, 3.05) is 32.8 Å². The average molecular weight is 336 g/mol. The van der Waals surface area contributed by atoms with Crippen molar-refractivity contribution in [3.05, 3.63) is 35.6 Å². The average Bonchev–Trinajstić information content (AvgIpc) is 3.07. The second kappa shape index (κ2) is 7.59. The van der Waals surface area contributed by atoms with Crippen molar-refractivity contribution >= 4 is 5.91 Å². The number of piperidine rings is 1. The van der Waals surface area contributed by atoms with Crippen LogP contribution in [0.5, 0.6) is 0 Å². The Morgan fingerprint density at radius 2 is 1.83 bits per heavy atom. The van der Waals surface area contributed by atoms with Gasteiger partial charge in [0.25, 0.3) is 0 Å². The van der Waals surface area contributed by atoms with E-state index in [4.69, 9.17) is 15.2 Å². The molecule has 0 spiro atoms. The minimum atomic E-state index is -0.743. The first kappa shape index (κ1) is 17.3. The summed E-state index contributed by atoms with van der Waals surface area (Å²) in [5, 5.41) is 0. The van der Waals surface area contributed by atoms with Gasteiger partial charge in [-0.3, -0.25) is 4.79 Å². The van der Waals surface area contributed by atoms with E-state index in [1.165, 1.54) is 12.1 Å². The lowest BCUT2D eigenvalue weighted by molar-refractivity contribution is -0.214. The Hall–Kier alpha value is -1.50. The molecule has 0 aliphatic carbocycles. The van der Waals surface area contributed by atoms with Gasteiger partial charge in [0.1, 0.15) is 5.82 Å². The van der Waals surface area contributed by atoms with Gasteiger partial charge in [0.05, 0.1) is 13.2 Å². The van der Waals surface area contributed by atoms with Crippen LogP contribution >= 0.6 is 0 Å². The molecule has 2 saturated heterocycles. The van der Waals surface area contributed by atoms with Crippen molar-refractivity contribution in [1.29, 1.82) is 0 Å². The van der Waals surface area contributed by atoms with E-state index in [1.807, 2.05) is 0 Å². The maximum absolute atomic E-state index is 13.2. The summed E-state index contributed by atoms with van der Waals surface area (Å²) >= 11 is 0. The topological polar surface area (TPSA) is 64.8 Å². The Labute approximate surface area is 141 Å². The van der Waals surface area contributed by atoms with Gasteiger partial charge in [0.15, 0.2) is 5.79 Å². The second-order valence-corrected chi connectivity index (χ2v) is 6.56. The predicted molar refractivity (Wildman–Crippen MR) is 87.6 cm³/mol. The van der Waals surface area contributed by atoms with Crippen molar-refractivity contribution < 1.29 is 18.7 Å². The molecule has 2 heterocycles. The third-order valence-corrected chi connectivity index (χ3v) is 4.99.